The van der Waals surface area contributed by atoms with Crippen LogP contribution in [0.2, 0.25) is 0 Å². The van der Waals surface area contributed by atoms with Gasteiger partial charge >= 0.3 is 0 Å². The first kappa shape index (κ1) is 8.87. The summed E-state index contributed by atoms with van der Waals surface area (Å²) in [5.41, 5.74) is 0. The number of alkyl halides is 2. The fraction of sp³-hybridized carbons (Fsp3) is 1.00. The Kier molecular flexibility index (Phi) is 3.49. The molecule has 0 aromatic carbocycles. The molecule has 0 aromatic rings. The Hall–Kier alpha value is 0.870. The van der Waals surface area contributed by atoms with Crippen LogP contribution in [0.4, 0.5) is 0 Å². The molecule has 6 heteroatoms. The monoisotopic (exact) mass is 265 g/mol. The van der Waals surface area contributed by atoms with Crippen LogP contribution in [-0.2, 0) is 10.0 Å². The molecule has 0 aliphatic heterocycles. The topological polar surface area (TPSA) is 60.2 Å². The molecule has 0 bridgehead atoms. The maximum absolute atomic E-state index is 10.2. The highest BCUT2D eigenvalue weighted by molar-refractivity contribution is 9.24. The Balaban J connectivity index is 3.75. The van der Waals surface area contributed by atoms with Crippen LogP contribution in [0.1, 0.15) is 0 Å². The zero-order valence-electron chi connectivity index (χ0n) is 3.84. The number of hydrogen-bond donors (Lipinski definition) is 1. The largest absolute Gasteiger partial charge is 0.229 e. The third-order valence-electron chi connectivity index (χ3n) is 0.358. The summed E-state index contributed by atoms with van der Waals surface area (Å²) in [5, 5.41) is 4.65. The van der Waals surface area contributed by atoms with Crippen LogP contribution in [0.3, 0.4) is 0 Å². The van der Waals surface area contributed by atoms with E-state index in [9.17, 15) is 8.42 Å². The number of primary sulfonamides is 1. The maximum atomic E-state index is 10.2. The van der Waals surface area contributed by atoms with Crippen molar-refractivity contribution in [2.75, 3.05) is 5.75 Å². The third kappa shape index (κ3) is 6.87. The van der Waals surface area contributed by atoms with Gasteiger partial charge in [0.2, 0.25) is 10.0 Å². The molecule has 0 atom stereocenters. The molecule has 0 aliphatic rings. The summed E-state index contributed by atoms with van der Waals surface area (Å²) in [6.45, 7) is 0. The molecular weight excluding hydrogens is 262 g/mol. The minimum absolute atomic E-state index is 0.0903. The van der Waals surface area contributed by atoms with E-state index < -0.39 is 10.0 Å². The fourth-order valence-electron chi connectivity index (χ4n) is 0.176. The van der Waals surface area contributed by atoms with Crippen molar-refractivity contribution < 1.29 is 8.42 Å². The summed E-state index contributed by atoms with van der Waals surface area (Å²) < 4.78 is 20.1. The summed E-state index contributed by atoms with van der Waals surface area (Å²) in [6.07, 6.45) is 0. The van der Waals surface area contributed by atoms with Gasteiger partial charge in [-0.05, 0) is 0 Å². The van der Waals surface area contributed by atoms with Crippen molar-refractivity contribution in [3.05, 3.63) is 0 Å². The lowest BCUT2D eigenvalue weighted by Crippen LogP contribution is -2.19. The predicted octanol–water partition coefficient (Wildman–Crippen LogP) is 0.391. The Morgan fingerprint density at radius 3 is 1.88 bits per heavy atom. The molecule has 0 saturated carbocycles. The lowest BCUT2D eigenvalue weighted by molar-refractivity contribution is 0.599. The van der Waals surface area contributed by atoms with E-state index >= 15 is 0 Å². The Morgan fingerprint density at radius 2 is 1.88 bits per heavy atom. The highest BCUT2D eigenvalue weighted by atomic mass is 79.9. The first-order valence-corrected chi connectivity index (χ1v) is 5.25. The lowest BCUT2D eigenvalue weighted by atomic mass is 11.0. The molecule has 0 saturated heterocycles. The molecule has 0 spiro atoms. The SMILES string of the molecule is NS(=O)(=O)CC(Br)Br. The standard InChI is InChI=1S/C2H5Br2NO2S/c3-2(4)1-8(5,6)7/h2H,1H2,(H2,5,6,7). The van der Waals surface area contributed by atoms with E-state index in [2.05, 4.69) is 37.0 Å². The van der Waals surface area contributed by atoms with E-state index in [4.69, 9.17) is 0 Å². The van der Waals surface area contributed by atoms with Gasteiger partial charge in [0, 0.05) is 0 Å². The molecule has 0 unspecified atom stereocenters. The van der Waals surface area contributed by atoms with E-state index in [0.717, 1.165) is 0 Å². The Labute approximate surface area is 64.9 Å². The van der Waals surface area contributed by atoms with Crippen molar-refractivity contribution in [2.45, 2.75) is 3.74 Å². The van der Waals surface area contributed by atoms with Gasteiger partial charge in [-0.2, -0.15) is 0 Å². The summed E-state index contributed by atoms with van der Waals surface area (Å²) >= 11 is 5.94. The lowest BCUT2D eigenvalue weighted by Gasteiger charge is -1.95. The Morgan fingerprint density at radius 1 is 1.50 bits per heavy atom. The number of sulfonamides is 1. The molecule has 8 heavy (non-hydrogen) atoms. The second-order valence-corrected chi connectivity index (χ2v) is 6.32. The minimum Gasteiger partial charge on any atom is -0.229 e. The zero-order chi connectivity index (χ0) is 6.78. The highest BCUT2D eigenvalue weighted by Gasteiger charge is 2.07. The van der Waals surface area contributed by atoms with Crippen LogP contribution < -0.4 is 5.14 Å². The quantitative estimate of drug-likeness (QED) is 0.736. The molecule has 0 rings (SSSR count). The van der Waals surface area contributed by atoms with Gasteiger partial charge < -0.3 is 0 Å². The van der Waals surface area contributed by atoms with Crippen molar-refractivity contribution in [1.82, 2.24) is 0 Å². The van der Waals surface area contributed by atoms with E-state index in [1.807, 2.05) is 0 Å². The molecule has 50 valence electrons. The highest BCUT2D eigenvalue weighted by Crippen LogP contribution is 2.08. The molecule has 3 nitrogen and oxygen atoms in total. The summed E-state index contributed by atoms with van der Waals surface area (Å²) in [4.78, 5) is 0. The van der Waals surface area contributed by atoms with Gasteiger partial charge in [-0.3, -0.25) is 0 Å². The third-order valence-corrected chi connectivity index (χ3v) is 2.66. The summed E-state index contributed by atoms with van der Waals surface area (Å²) in [5.74, 6) is -0.0903. The van der Waals surface area contributed by atoms with Crippen LogP contribution in [0.25, 0.3) is 0 Å². The smallest absolute Gasteiger partial charge is 0.211 e. The molecule has 0 fully saturated rings. The zero-order valence-corrected chi connectivity index (χ0v) is 7.83. The van der Waals surface area contributed by atoms with Crippen molar-refractivity contribution in [3.8, 4) is 0 Å². The van der Waals surface area contributed by atoms with Crippen LogP contribution in [-0.4, -0.2) is 17.9 Å². The number of halogens is 2. The van der Waals surface area contributed by atoms with Crippen LogP contribution in [0.5, 0.6) is 0 Å². The van der Waals surface area contributed by atoms with Crippen molar-refractivity contribution in [3.63, 3.8) is 0 Å². The van der Waals surface area contributed by atoms with E-state index in [0.29, 0.717) is 0 Å². The van der Waals surface area contributed by atoms with E-state index in [-0.39, 0.29) is 9.49 Å². The van der Waals surface area contributed by atoms with Crippen LogP contribution in [0.15, 0.2) is 0 Å². The summed E-state index contributed by atoms with van der Waals surface area (Å²) in [6, 6.07) is 0. The van der Waals surface area contributed by atoms with Gasteiger partial charge in [-0.25, -0.2) is 13.6 Å². The minimum atomic E-state index is -3.32. The van der Waals surface area contributed by atoms with Gasteiger partial charge in [-0.1, -0.05) is 31.9 Å². The predicted molar refractivity (Wildman–Crippen MR) is 39.6 cm³/mol. The second-order valence-electron chi connectivity index (χ2n) is 1.22. The summed E-state index contributed by atoms with van der Waals surface area (Å²) in [7, 11) is -3.32. The van der Waals surface area contributed by atoms with Crippen molar-refractivity contribution in [1.29, 1.82) is 0 Å². The van der Waals surface area contributed by atoms with Crippen molar-refractivity contribution in [2.24, 2.45) is 5.14 Å². The maximum Gasteiger partial charge on any atom is 0.211 e. The van der Waals surface area contributed by atoms with Gasteiger partial charge in [0.15, 0.2) is 0 Å². The van der Waals surface area contributed by atoms with Gasteiger partial charge in [0.05, 0.1) is 9.49 Å². The number of rotatable bonds is 2. The normalized spacial score (nSPS) is 12.5. The second kappa shape index (κ2) is 3.14. The molecule has 0 aromatic heterocycles. The van der Waals surface area contributed by atoms with Crippen molar-refractivity contribution >= 4 is 41.9 Å². The molecular formula is C2H5Br2NO2S. The first-order valence-electron chi connectivity index (χ1n) is 1.70. The van der Waals surface area contributed by atoms with E-state index in [1.54, 1.807) is 0 Å². The molecule has 0 heterocycles. The first-order chi connectivity index (χ1) is 3.42. The Bertz CT molecular complexity index is 151. The molecule has 0 aliphatic carbocycles. The van der Waals surface area contributed by atoms with Crippen LogP contribution in [0, 0.1) is 0 Å². The fourth-order valence-corrected chi connectivity index (χ4v) is 2.74. The van der Waals surface area contributed by atoms with Gasteiger partial charge in [0.25, 0.3) is 0 Å². The van der Waals surface area contributed by atoms with Crippen LogP contribution >= 0.6 is 31.9 Å². The average molecular weight is 267 g/mol. The average Bonchev–Trinajstić information content (AvgIpc) is 1.21. The van der Waals surface area contributed by atoms with E-state index in [1.165, 1.54) is 0 Å². The molecule has 2 N–H and O–H groups in total. The van der Waals surface area contributed by atoms with Gasteiger partial charge in [0.1, 0.15) is 0 Å². The molecule has 0 radical (unpaired) electrons. The number of hydrogen-bond acceptors (Lipinski definition) is 2. The van der Waals surface area contributed by atoms with Gasteiger partial charge in [-0.15, -0.1) is 0 Å². The molecule has 0 amide bonds. The number of nitrogens with two attached hydrogens (primary N) is 1.